The van der Waals surface area contributed by atoms with Crippen LogP contribution >= 0.6 is 0 Å². The van der Waals surface area contributed by atoms with Crippen molar-refractivity contribution >= 4 is 0 Å². The van der Waals surface area contributed by atoms with Gasteiger partial charge >= 0.3 is 0 Å². The highest BCUT2D eigenvalue weighted by Gasteiger charge is 2.04. The minimum atomic E-state index is -0.0824. The largest absolute Gasteiger partial charge is 0.330 e. The van der Waals surface area contributed by atoms with Crippen molar-refractivity contribution in [1.29, 1.82) is 0 Å². The minimum Gasteiger partial charge on any atom is -0.330 e. The second-order valence-corrected chi connectivity index (χ2v) is 4.72. The molecule has 0 spiro atoms. The number of aromatic nitrogens is 2. The van der Waals surface area contributed by atoms with Crippen LogP contribution in [0.5, 0.6) is 0 Å². The fourth-order valence-electron chi connectivity index (χ4n) is 1.90. The van der Waals surface area contributed by atoms with E-state index in [1.54, 1.807) is 12.1 Å². The van der Waals surface area contributed by atoms with Gasteiger partial charge in [-0.1, -0.05) is 12.1 Å². The van der Waals surface area contributed by atoms with Crippen molar-refractivity contribution in [2.45, 2.75) is 26.8 Å². The third-order valence-electron chi connectivity index (χ3n) is 3.24. The van der Waals surface area contributed by atoms with E-state index >= 15 is 0 Å². The van der Waals surface area contributed by atoms with Crippen LogP contribution in [0.4, 0.5) is 0 Å². The van der Waals surface area contributed by atoms with Gasteiger partial charge in [-0.3, -0.25) is 4.79 Å². The molecule has 0 fully saturated rings. The minimum absolute atomic E-state index is 0.0824. The van der Waals surface area contributed by atoms with E-state index < -0.39 is 0 Å². The van der Waals surface area contributed by atoms with Crippen LogP contribution in [0.3, 0.4) is 0 Å². The van der Waals surface area contributed by atoms with Gasteiger partial charge in [0.05, 0.1) is 5.69 Å². The van der Waals surface area contributed by atoms with Gasteiger partial charge in [-0.25, -0.2) is 4.68 Å². The molecule has 0 atom stereocenters. The Bertz CT molecular complexity index is 632. The SMILES string of the molecule is Cc1ccc(-c2ccc(=O)n(CCCN)n2)cc1C. The summed E-state index contributed by atoms with van der Waals surface area (Å²) in [7, 11) is 0. The smallest absolute Gasteiger partial charge is 0.266 e. The molecule has 4 heteroatoms. The molecule has 100 valence electrons. The topological polar surface area (TPSA) is 60.9 Å². The molecule has 1 aromatic carbocycles. The fraction of sp³-hybridized carbons (Fsp3) is 0.333. The maximum Gasteiger partial charge on any atom is 0.266 e. The summed E-state index contributed by atoms with van der Waals surface area (Å²) < 4.78 is 1.48. The van der Waals surface area contributed by atoms with Gasteiger partial charge in [0, 0.05) is 18.2 Å². The Morgan fingerprint density at radius 1 is 1.16 bits per heavy atom. The number of benzene rings is 1. The van der Waals surface area contributed by atoms with Crippen LogP contribution in [0.25, 0.3) is 11.3 Å². The second-order valence-electron chi connectivity index (χ2n) is 4.72. The maximum atomic E-state index is 11.7. The lowest BCUT2D eigenvalue weighted by Crippen LogP contribution is -2.23. The zero-order chi connectivity index (χ0) is 13.8. The van der Waals surface area contributed by atoms with E-state index in [2.05, 4.69) is 31.1 Å². The molecule has 1 aromatic heterocycles. The highest BCUT2D eigenvalue weighted by atomic mass is 16.1. The number of aryl methyl sites for hydroxylation is 3. The molecular weight excluding hydrogens is 238 g/mol. The van der Waals surface area contributed by atoms with E-state index in [0.29, 0.717) is 13.1 Å². The summed E-state index contributed by atoms with van der Waals surface area (Å²) in [5.74, 6) is 0. The summed E-state index contributed by atoms with van der Waals surface area (Å²) in [5.41, 5.74) is 9.71. The summed E-state index contributed by atoms with van der Waals surface area (Å²) >= 11 is 0. The van der Waals surface area contributed by atoms with Crippen molar-refractivity contribution in [3.8, 4) is 11.3 Å². The Labute approximate surface area is 112 Å². The molecular formula is C15H19N3O. The van der Waals surface area contributed by atoms with Gasteiger partial charge in [0.15, 0.2) is 0 Å². The van der Waals surface area contributed by atoms with Crippen LogP contribution in [-0.2, 0) is 6.54 Å². The van der Waals surface area contributed by atoms with Crippen LogP contribution in [0, 0.1) is 13.8 Å². The van der Waals surface area contributed by atoms with Gasteiger partial charge in [0.25, 0.3) is 5.56 Å². The summed E-state index contributed by atoms with van der Waals surface area (Å²) in [6, 6.07) is 9.53. The summed E-state index contributed by atoms with van der Waals surface area (Å²) in [6.45, 7) is 5.27. The lowest BCUT2D eigenvalue weighted by molar-refractivity contribution is 0.556. The van der Waals surface area contributed by atoms with Crippen LogP contribution in [-0.4, -0.2) is 16.3 Å². The third-order valence-corrected chi connectivity index (χ3v) is 3.24. The predicted molar refractivity (Wildman–Crippen MR) is 77.1 cm³/mol. The average molecular weight is 257 g/mol. The van der Waals surface area contributed by atoms with Crippen molar-refractivity contribution in [3.05, 3.63) is 51.8 Å². The molecule has 4 nitrogen and oxygen atoms in total. The number of hydrogen-bond donors (Lipinski definition) is 1. The van der Waals surface area contributed by atoms with E-state index in [0.717, 1.165) is 17.7 Å². The number of rotatable bonds is 4. The average Bonchev–Trinajstić information content (AvgIpc) is 2.41. The number of nitrogens with two attached hydrogens (primary N) is 1. The molecule has 0 bridgehead atoms. The normalized spacial score (nSPS) is 10.7. The third kappa shape index (κ3) is 3.09. The monoisotopic (exact) mass is 257 g/mol. The van der Waals surface area contributed by atoms with E-state index in [-0.39, 0.29) is 5.56 Å². The van der Waals surface area contributed by atoms with E-state index in [9.17, 15) is 4.79 Å². The standard InChI is InChI=1S/C15H19N3O/c1-11-4-5-13(10-12(11)2)14-6-7-15(19)18(17-14)9-3-8-16/h4-7,10H,3,8-9,16H2,1-2H3. The number of nitrogens with zero attached hydrogens (tertiary/aromatic N) is 2. The van der Waals surface area contributed by atoms with E-state index in [4.69, 9.17) is 5.73 Å². The molecule has 0 aliphatic heterocycles. The first kappa shape index (κ1) is 13.5. The van der Waals surface area contributed by atoms with Crippen molar-refractivity contribution in [2.75, 3.05) is 6.54 Å². The molecule has 0 saturated carbocycles. The maximum absolute atomic E-state index is 11.7. The van der Waals surface area contributed by atoms with Gasteiger partial charge in [0.2, 0.25) is 0 Å². The Balaban J connectivity index is 2.39. The Morgan fingerprint density at radius 2 is 1.95 bits per heavy atom. The molecule has 19 heavy (non-hydrogen) atoms. The molecule has 2 rings (SSSR count). The molecule has 0 amide bonds. The summed E-state index contributed by atoms with van der Waals surface area (Å²) in [4.78, 5) is 11.7. The zero-order valence-electron chi connectivity index (χ0n) is 11.4. The highest BCUT2D eigenvalue weighted by Crippen LogP contribution is 2.19. The Kier molecular flexibility index (Phi) is 4.12. The van der Waals surface area contributed by atoms with E-state index in [1.165, 1.54) is 15.8 Å². The highest BCUT2D eigenvalue weighted by molar-refractivity contribution is 5.60. The molecule has 0 aliphatic rings. The predicted octanol–water partition coefficient (Wildman–Crippen LogP) is 1.88. The zero-order valence-corrected chi connectivity index (χ0v) is 11.4. The van der Waals surface area contributed by atoms with Gasteiger partial charge in [-0.15, -0.1) is 0 Å². The molecule has 0 unspecified atom stereocenters. The summed E-state index contributed by atoms with van der Waals surface area (Å²) in [5, 5.41) is 4.40. The Morgan fingerprint density at radius 3 is 2.63 bits per heavy atom. The van der Waals surface area contributed by atoms with Gasteiger partial charge in [0.1, 0.15) is 0 Å². The quantitative estimate of drug-likeness (QED) is 0.909. The second kappa shape index (κ2) is 5.80. The molecule has 1 heterocycles. The van der Waals surface area contributed by atoms with Crippen molar-refractivity contribution in [2.24, 2.45) is 5.73 Å². The lowest BCUT2D eigenvalue weighted by atomic mass is 10.0. The van der Waals surface area contributed by atoms with E-state index in [1.807, 2.05) is 6.07 Å². The van der Waals surface area contributed by atoms with Crippen molar-refractivity contribution in [3.63, 3.8) is 0 Å². The summed E-state index contributed by atoms with van der Waals surface area (Å²) in [6.07, 6.45) is 0.753. The van der Waals surface area contributed by atoms with Crippen LogP contribution in [0.2, 0.25) is 0 Å². The van der Waals surface area contributed by atoms with Gasteiger partial charge < -0.3 is 5.73 Å². The first-order chi connectivity index (χ1) is 9.11. The fourth-order valence-corrected chi connectivity index (χ4v) is 1.90. The van der Waals surface area contributed by atoms with Crippen LogP contribution < -0.4 is 11.3 Å². The Hall–Kier alpha value is -1.94. The lowest BCUT2D eigenvalue weighted by Gasteiger charge is -2.08. The first-order valence-corrected chi connectivity index (χ1v) is 6.47. The van der Waals surface area contributed by atoms with Gasteiger partial charge in [-0.2, -0.15) is 5.10 Å². The molecule has 0 saturated heterocycles. The van der Waals surface area contributed by atoms with Crippen LogP contribution in [0.1, 0.15) is 17.5 Å². The number of hydrogen-bond acceptors (Lipinski definition) is 3. The molecule has 2 N–H and O–H groups in total. The first-order valence-electron chi connectivity index (χ1n) is 6.47. The van der Waals surface area contributed by atoms with Crippen molar-refractivity contribution < 1.29 is 0 Å². The van der Waals surface area contributed by atoms with Crippen LogP contribution in [0.15, 0.2) is 35.1 Å². The molecule has 0 radical (unpaired) electrons. The molecule has 0 aliphatic carbocycles. The van der Waals surface area contributed by atoms with Gasteiger partial charge in [-0.05, 0) is 50.1 Å². The molecule has 2 aromatic rings. The van der Waals surface area contributed by atoms with Crippen molar-refractivity contribution in [1.82, 2.24) is 9.78 Å².